The summed E-state index contributed by atoms with van der Waals surface area (Å²) in [5, 5.41) is 19.3. The first kappa shape index (κ1) is 14.7. The van der Waals surface area contributed by atoms with Gasteiger partial charge in [-0.2, -0.15) is 5.10 Å². The third-order valence-electron chi connectivity index (χ3n) is 4.11. The van der Waals surface area contributed by atoms with Gasteiger partial charge in [-0.15, -0.1) is 0 Å². The summed E-state index contributed by atoms with van der Waals surface area (Å²) in [7, 11) is 0. The molecular weight excluding hydrogens is 285 g/mol. The number of H-pyrrole nitrogens is 1. The highest BCUT2D eigenvalue weighted by Crippen LogP contribution is 2.24. The smallest absolute Gasteiger partial charge is 0.269 e. The number of halogens is 1. The maximum atomic E-state index is 12.9. The number of carbonyl (C=O) groups excluding carboxylic acids is 1. The Morgan fingerprint density at radius 2 is 2.14 bits per heavy atom. The Hall–Kier alpha value is -2.21. The third kappa shape index (κ3) is 3.17. The number of hydrogen-bond donors (Lipinski definition) is 3. The molecule has 2 aromatic rings. The number of amides is 1. The molecule has 0 spiro atoms. The van der Waals surface area contributed by atoms with Gasteiger partial charge in [-0.1, -0.05) is 6.42 Å². The van der Waals surface area contributed by atoms with E-state index in [9.17, 15) is 14.3 Å². The van der Waals surface area contributed by atoms with Crippen LogP contribution in [0.3, 0.4) is 0 Å². The Balaban J connectivity index is 1.63. The number of carbonyl (C=O) groups is 1. The van der Waals surface area contributed by atoms with E-state index < -0.39 is 0 Å². The molecule has 5 nitrogen and oxygen atoms in total. The fourth-order valence-electron chi connectivity index (χ4n) is 2.78. The Morgan fingerprint density at radius 3 is 2.82 bits per heavy atom. The molecule has 0 saturated heterocycles. The summed E-state index contributed by atoms with van der Waals surface area (Å²) in [6, 6.07) is 7.56. The lowest BCUT2D eigenvalue weighted by Crippen LogP contribution is -2.32. The highest BCUT2D eigenvalue weighted by molar-refractivity contribution is 5.93. The molecule has 1 aromatic carbocycles. The van der Waals surface area contributed by atoms with Gasteiger partial charge in [0.15, 0.2) is 0 Å². The van der Waals surface area contributed by atoms with Gasteiger partial charge in [-0.3, -0.25) is 9.89 Å². The van der Waals surface area contributed by atoms with Gasteiger partial charge < -0.3 is 10.4 Å². The number of hydrogen-bond acceptors (Lipinski definition) is 3. The van der Waals surface area contributed by atoms with Crippen LogP contribution in [-0.4, -0.2) is 33.9 Å². The Bertz CT molecular complexity index is 654. The van der Waals surface area contributed by atoms with Gasteiger partial charge in [0.1, 0.15) is 11.5 Å². The van der Waals surface area contributed by atoms with E-state index in [1.54, 1.807) is 18.2 Å². The van der Waals surface area contributed by atoms with Crippen molar-refractivity contribution in [1.82, 2.24) is 15.5 Å². The summed E-state index contributed by atoms with van der Waals surface area (Å²) in [5.41, 5.74) is 1.68. The van der Waals surface area contributed by atoms with Crippen LogP contribution in [0.5, 0.6) is 0 Å². The van der Waals surface area contributed by atoms with Gasteiger partial charge in [0.2, 0.25) is 0 Å². The Morgan fingerprint density at radius 1 is 1.36 bits per heavy atom. The third-order valence-corrected chi connectivity index (χ3v) is 4.11. The number of aliphatic hydroxyl groups excluding tert-OH is 1. The fraction of sp³-hybridized carbons (Fsp3) is 0.375. The first-order chi connectivity index (χ1) is 10.6. The second-order valence-electron chi connectivity index (χ2n) is 5.64. The van der Waals surface area contributed by atoms with Crippen molar-refractivity contribution in [2.75, 3.05) is 6.54 Å². The number of aromatic nitrogens is 2. The molecule has 0 bridgehead atoms. The second kappa shape index (κ2) is 6.27. The van der Waals surface area contributed by atoms with Crippen molar-refractivity contribution in [3.05, 3.63) is 41.8 Å². The molecule has 1 saturated carbocycles. The second-order valence-corrected chi connectivity index (χ2v) is 5.64. The molecule has 1 amide bonds. The highest BCUT2D eigenvalue weighted by atomic mass is 19.1. The summed E-state index contributed by atoms with van der Waals surface area (Å²) >= 11 is 0. The molecule has 22 heavy (non-hydrogen) atoms. The van der Waals surface area contributed by atoms with E-state index in [-0.39, 0.29) is 23.7 Å². The first-order valence-corrected chi connectivity index (χ1v) is 7.41. The van der Waals surface area contributed by atoms with E-state index in [0.717, 1.165) is 24.8 Å². The van der Waals surface area contributed by atoms with Crippen LogP contribution >= 0.6 is 0 Å². The molecule has 0 aliphatic heterocycles. The van der Waals surface area contributed by atoms with Gasteiger partial charge in [0.25, 0.3) is 5.91 Å². The highest BCUT2D eigenvalue weighted by Gasteiger charge is 2.25. The number of nitrogens with zero attached hydrogens (tertiary/aromatic N) is 1. The van der Waals surface area contributed by atoms with Crippen molar-refractivity contribution in [3.63, 3.8) is 0 Å². The van der Waals surface area contributed by atoms with Crippen LogP contribution in [-0.2, 0) is 0 Å². The number of benzene rings is 1. The van der Waals surface area contributed by atoms with E-state index in [1.807, 2.05) is 0 Å². The van der Waals surface area contributed by atoms with Crippen LogP contribution in [0.15, 0.2) is 30.3 Å². The SMILES string of the molecule is O=C(NCC1CCCC1O)c1cc(-c2ccc(F)cc2)n[nH]1. The zero-order valence-electron chi connectivity index (χ0n) is 12.1. The molecule has 1 aromatic heterocycles. The van der Waals surface area contributed by atoms with E-state index in [1.165, 1.54) is 12.1 Å². The molecule has 2 atom stereocenters. The molecule has 3 N–H and O–H groups in total. The topological polar surface area (TPSA) is 78.0 Å². The van der Waals surface area contributed by atoms with Crippen molar-refractivity contribution in [1.29, 1.82) is 0 Å². The molecular formula is C16H18FN3O2. The maximum Gasteiger partial charge on any atom is 0.269 e. The number of aliphatic hydroxyl groups is 1. The summed E-state index contributed by atoms with van der Waals surface area (Å²) in [6.45, 7) is 0.463. The summed E-state index contributed by atoms with van der Waals surface area (Å²) < 4.78 is 12.9. The quantitative estimate of drug-likeness (QED) is 0.809. The van der Waals surface area contributed by atoms with Crippen molar-refractivity contribution in [3.8, 4) is 11.3 Å². The molecule has 1 heterocycles. The largest absolute Gasteiger partial charge is 0.393 e. The predicted octanol–water partition coefficient (Wildman–Crippen LogP) is 2.11. The van der Waals surface area contributed by atoms with Crippen molar-refractivity contribution < 1.29 is 14.3 Å². The van der Waals surface area contributed by atoms with Gasteiger partial charge in [-0.05, 0) is 43.2 Å². The standard InChI is InChI=1S/C16H18FN3O2/c17-12-6-4-10(5-7-12)13-8-14(20-19-13)16(22)18-9-11-2-1-3-15(11)21/h4-8,11,15,21H,1-3,9H2,(H,18,22)(H,19,20). The van der Waals surface area contributed by atoms with Crippen LogP contribution in [0.2, 0.25) is 0 Å². The number of aromatic amines is 1. The monoisotopic (exact) mass is 303 g/mol. The zero-order valence-corrected chi connectivity index (χ0v) is 12.1. The first-order valence-electron chi connectivity index (χ1n) is 7.41. The molecule has 1 fully saturated rings. The molecule has 6 heteroatoms. The average molecular weight is 303 g/mol. The van der Waals surface area contributed by atoms with Gasteiger partial charge in [0, 0.05) is 18.0 Å². The molecule has 3 rings (SSSR count). The predicted molar refractivity (Wildman–Crippen MR) is 79.7 cm³/mol. The lowest BCUT2D eigenvalue weighted by atomic mass is 10.1. The van der Waals surface area contributed by atoms with Crippen molar-refractivity contribution >= 4 is 5.91 Å². The zero-order chi connectivity index (χ0) is 15.5. The lowest BCUT2D eigenvalue weighted by molar-refractivity contribution is 0.0912. The normalized spacial score (nSPS) is 21.0. The minimum Gasteiger partial charge on any atom is -0.393 e. The lowest BCUT2D eigenvalue weighted by Gasteiger charge is -2.14. The average Bonchev–Trinajstić information content (AvgIpc) is 3.15. The Labute approximate surface area is 127 Å². The van der Waals surface area contributed by atoms with E-state index in [0.29, 0.717) is 17.9 Å². The molecule has 1 aliphatic rings. The summed E-state index contributed by atoms with van der Waals surface area (Å²) in [4.78, 5) is 12.1. The number of nitrogens with one attached hydrogen (secondary N) is 2. The van der Waals surface area contributed by atoms with Crippen LogP contribution in [0.4, 0.5) is 4.39 Å². The van der Waals surface area contributed by atoms with E-state index in [2.05, 4.69) is 15.5 Å². The summed E-state index contributed by atoms with van der Waals surface area (Å²) in [6.07, 6.45) is 2.42. The van der Waals surface area contributed by atoms with Crippen LogP contribution in [0, 0.1) is 11.7 Å². The van der Waals surface area contributed by atoms with E-state index in [4.69, 9.17) is 0 Å². The van der Waals surface area contributed by atoms with Gasteiger partial charge in [0.05, 0.1) is 11.8 Å². The minimum absolute atomic E-state index is 0.128. The van der Waals surface area contributed by atoms with Crippen LogP contribution in [0.1, 0.15) is 29.8 Å². The van der Waals surface area contributed by atoms with Gasteiger partial charge >= 0.3 is 0 Å². The molecule has 116 valence electrons. The van der Waals surface area contributed by atoms with E-state index >= 15 is 0 Å². The van der Waals surface area contributed by atoms with Crippen LogP contribution < -0.4 is 5.32 Å². The van der Waals surface area contributed by atoms with Crippen LogP contribution in [0.25, 0.3) is 11.3 Å². The van der Waals surface area contributed by atoms with Crippen molar-refractivity contribution in [2.24, 2.45) is 5.92 Å². The molecule has 1 aliphatic carbocycles. The minimum atomic E-state index is -0.322. The van der Waals surface area contributed by atoms with Gasteiger partial charge in [-0.25, -0.2) is 4.39 Å². The Kier molecular flexibility index (Phi) is 4.20. The molecule has 2 unspecified atom stereocenters. The summed E-state index contributed by atoms with van der Waals surface area (Å²) in [5.74, 6) is -0.434. The maximum absolute atomic E-state index is 12.9. The molecule has 0 radical (unpaired) electrons. The fourth-order valence-corrected chi connectivity index (χ4v) is 2.78. The van der Waals surface area contributed by atoms with Crippen molar-refractivity contribution in [2.45, 2.75) is 25.4 Å². The number of rotatable bonds is 4.